The van der Waals surface area contributed by atoms with E-state index in [1.807, 2.05) is 0 Å². The molecule has 1 aromatic rings. The summed E-state index contributed by atoms with van der Waals surface area (Å²) in [6.45, 7) is 5.26. The van der Waals surface area contributed by atoms with Gasteiger partial charge in [0.2, 0.25) is 0 Å². The third-order valence-electron chi connectivity index (χ3n) is 3.99. The van der Waals surface area contributed by atoms with E-state index in [1.54, 1.807) is 0 Å². The number of nitrogens with two attached hydrogens (primary N) is 1. The lowest BCUT2D eigenvalue weighted by Crippen LogP contribution is -2.47. The highest BCUT2D eigenvalue weighted by molar-refractivity contribution is 9.10. The normalized spacial score (nSPS) is 21.3. The molecule has 0 aromatic heterocycles. The molecule has 0 radical (unpaired) electrons. The van der Waals surface area contributed by atoms with E-state index < -0.39 is 0 Å². The van der Waals surface area contributed by atoms with Gasteiger partial charge in [-0.15, -0.1) is 0 Å². The van der Waals surface area contributed by atoms with Gasteiger partial charge < -0.3 is 10.6 Å². The highest BCUT2D eigenvalue weighted by atomic mass is 79.9. The van der Waals surface area contributed by atoms with Crippen LogP contribution in [-0.4, -0.2) is 37.1 Å². The average Bonchev–Trinajstić information content (AvgIpc) is 3.23. The maximum atomic E-state index is 5.84. The Kier molecular flexibility index (Phi) is 3.59. The summed E-state index contributed by atoms with van der Waals surface area (Å²) in [6.07, 6.45) is 2.82. The molecule has 3 rings (SSSR count). The second kappa shape index (κ2) is 5.19. The lowest BCUT2D eigenvalue weighted by atomic mass is 10.1. The molecule has 1 aliphatic heterocycles. The van der Waals surface area contributed by atoms with Gasteiger partial charge >= 0.3 is 0 Å². The van der Waals surface area contributed by atoms with E-state index >= 15 is 0 Å². The number of piperazine rings is 1. The zero-order valence-electron chi connectivity index (χ0n) is 10.6. The zero-order chi connectivity index (χ0) is 12.5. The number of nitrogens with zero attached hydrogens (tertiary/aromatic N) is 2. The average molecular weight is 310 g/mol. The topological polar surface area (TPSA) is 32.5 Å². The minimum Gasteiger partial charge on any atom is -0.369 e. The minimum absolute atomic E-state index is 0.617. The van der Waals surface area contributed by atoms with Crippen molar-refractivity contribution in [1.29, 1.82) is 0 Å². The molecule has 0 amide bonds. The van der Waals surface area contributed by atoms with Crippen LogP contribution in [0.2, 0.25) is 0 Å². The molecule has 0 unspecified atom stereocenters. The maximum absolute atomic E-state index is 5.84. The summed E-state index contributed by atoms with van der Waals surface area (Å²) < 4.78 is 1.14. The first-order valence-corrected chi connectivity index (χ1v) is 7.55. The molecule has 4 heteroatoms. The predicted molar refractivity (Wildman–Crippen MR) is 78.8 cm³/mol. The van der Waals surface area contributed by atoms with Crippen molar-refractivity contribution in [3.63, 3.8) is 0 Å². The molecular formula is C14H20BrN3. The summed E-state index contributed by atoms with van der Waals surface area (Å²) in [7, 11) is 0. The summed E-state index contributed by atoms with van der Waals surface area (Å²) >= 11 is 3.56. The molecule has 1 aromatic carbocycles. The number of halogens is 1. The second-order valence-corrected chi connectivity index (χ2v) is 6.15. The van der Waals surface area contributed by atoms with Gasteiger partial charge in [0.15, 0.2) is 0 Å². The van der Waals surface area contributed by atoms with Crippen LogP contribution in [0.4, 0.5) is 5.69 Å². The molecule has 1 heterocycles. The van der Waals surface area contributed by atoms with E-state index in [9.17, 15) is 0 Å². The van der Waals surface area contributed by atoms with Crippen molar-refractivity contribution in [1.82, 2.24) is 4.90 Å². The van der Waals surface area contributed by atoms with Crippen LogP contribution in [0.15, 0.2) is 22.7 Å². The summed E-state index contributed by atoms with van der Waals surface area (Å²) in [4.78, 5) is 5.11. The van der Waals surface area contributed by atoms with Gasteiger partial charge in [0.1, 0.15) is 0 Å². The highest BCUT2D eigenvalue weighted by Crippen LogP contribution is 2.30. The van der Waals surface area contributed by atoms with Crippen molar-refractivity contribution in [3.8, 4) is 0 Å². The Labute approximate surface area is 117 Å². The summed E-state index contributed by atoms with van der Waals surface area (Å²) in [5.74, 6) is 0. The first kappa shape index (κ1) is 12.5. The van der Waals surface area contributed by atoms with Crippen molar-refractivity contribution >= 4 is 21.6 Å². The van der Waals surface area contributed by atoms with Crippen LogP contribution in [0.3, 0.4) is 0 Å². The number of benzene rings is 1. The van der Waals surface area contributed by atoms with E-state index in [0.29, 0.717) is 6.54 Å². The maximum Gasteiger partial charge on any atom is 0.0423 e. The molecule has 0 atom stereocenters. The van der Waals surface area contributed by atoms with Crippen LogP contribution >= 0.6 is 15.9 Å². The monoisotopic (exact) mass is 309 g/mol. The Morgan fingerprint density at radius 2 is 1.89 bits per heavy atom. The Hall–Kier alpha value is -0.580. The molecule has 2 N–H and O–H groups in total. The first-order valence-electron chi connectivity index (χ1n) is 6.75. The van der Waals surface area contributed by atoms with E-state index in [4.69, 9.17) is 5.73 Å². The second-order valence-electron chi connectivity index (χ2n) is 5.23. The summed E-state index contributed by atoms with van der Waals surface area (Å²) in [6, 6.07) is 7.30. The molecule has 0 bridgehead atoms. The SMILES string of the molecule is NCc1ccc(Br)cc1N1CCN(C2CC2)CC1. The van der Waals surface area contributed by atoms with Gasteiger partial charge in [-0.3, -0.25) is 4.90 Å². The third-order valence-corrected chi connectivity index (χ3v) is 4.48. The van der Waals surface area contributed by atoms with Gasteiger partial charge in [-0.05, 0) is 30.5 Å². The quantitative estimate of drug-likeness (QED) is 0.929. The van der Waals surface area contributed by atoms with Crippen molar-refractivity contribution in [2.75, 3.05) is 31.1 Å². The molecule has 0 spiro atoms. The summed E-state index contributed by atoms with van der Waals surface area (Å²) in [5, 5.41) is 0. The fourth-order valence-corrected chi connectivity index (χ4v) is 3.12. The molecule has 1 saturated carbocycles. The Bertz CT molecular complexity index is 423. The largest absolute Gasteiger partial charge is 0.369 e. The number of anilines is 1. The molecular weight excluding hydrogens is 290 g/mol. The smallest absolute Gasteiger partial charge is 0.0423 e. The van der Waals surface area contributed by atoms with Crippen LogP contribution in [0, 0.1) is 0 Å². The highest BCUT2D eigenvalue weighted by Gasteiger charge is 2.31. The van der Waals surface area contributed by atoms with Gasteiger partial charge in [-0.25, -0.2) is 0 Å². The van der Waals surface area contributed by atoms with E-state index in [1.165, 1.54) is 37.2 Å². The lowest BCUT2D eigenvalue weighted by Gasteiger charge is -2.37. The van der Waals surface area contributed by atoms with Gasteiger partial charge in [0.05, 0.1) is 0 Å². The van der Waals surface area contributed by atoms with Crippen LogP contribution in [-0.2, 0) is 6.54 Å². The van der Waals surface area contributed by atoms with Gasteiger partial charge in [-0.2, -0.15) is 0 Å². The number of hydrogen-bond donors (Lipinski definition) is 1. The minimum atomic E-state index is 0.617. The first-order chi connectivity index (χ1) is 8.78. The number of rotatable bonds is 3. The van der Waals surface area contributed by atoms with E-state index in [2.05, 4.69) is 43.9 Å². The van der Waals surface area contributed by atoms with Crippen molar-refractivity contribution in [2.45, 2.75) is 25.4 Å². The van der Waals surface area contributed by atoms with Crippen molar-refractivity contribution < 1.29 is 0 Å². The molecule has 2 fully saturated rings. The Morgan fingerprint density at radius 3 is 2.50 bits per heavy atom. The standard InChI is InChI=1S/C14H20BrN3/c15-12-2-1-11(10-16)14(9-12)18-7-5-17(6-8-18)13-3-4-13/h1-2,9,13H,3-8,10,16H2. The zero-order valence-corrected chi connectivity index (χ0v) is 12.2. The van der Waals surface area contributed by atoms with Gasteiger partial charge in [0, 0.05) is 48.9 Å². The third kappa shape index (κ3) is 2.56. The fraction of sp³-hybridized carbons (Fsp3) is 0.571. The van der Waals surface area contributed by atoms with Crippen molar-refractivity contribution in [3.05, 3.63) is 28.2 Å². The van der Waals surface area contributed by atoms with Crippen LogP contribution in [0.5, 0.6) is 0 Å². The molecule has 2 aliphatic rings. The Balaban J connectivity index is 1.72. The molecule has 1 aliphatic carbocycles. The predicted octanol–water partition coefficient (Wildman–Crippen LogP) is 2.19. The molecule has 18 heavy (non-hydrogen) atoms. The molecule has 1 saturated heterocycles. The molecule has 98 valence electrons. The van der Waals surface area contributed by atoms with E-state index in [-0.39, 0.29) is 0 Å². The fourth-order valence-electron chi connectivity index (χ4n) is 2.77. The van der Waals surface area contributed by atoms with Gasteiger partial charge in [-0.1, -0.05) is 22.0 Å². The Morgan fingerprint density at radius 1 is 1.17 bits per heavy atom. The molecule has 3 nitrogen and oxygen atoms in total. The van der Waals surface area contributed by atoms with E-state index in [0.717, 1.165) is 23.6 Å². The van der Waals surface area contributed by atoms with Crippen molar-refractivity contribution in [2.24, 2.45) is 5.73 Å². The van der Waals surface area contributed by atoms with Crippen LogP contribution in [0.1, 0.15) is 18.4 Å². The van der Waals surface area contributed by atoms with Crippen LogP contribution in [0.25, 0.3) is 0 Å². The van der Waals surface area contributed by atoms with Gasteiger partial charge in [0.25, 0.3) is 0 Å². The summed E-state index contributed by atoms with van der Waals surface area (Å²) in [5.41, 5.74) is 8.40. The van der Waals surface area contributed by atoms with Crippen LogP contribution < -0.4 is 10.6 Å². The lowest BCUT2D eigenvalue weighted by molar-refractivity contribution is 0.248. The number of hydrogen-bond acceptors (Lipinski definition) is 3.